The molecule has 0 spiro atoms. The van der Waals surface area contributed by atoms with Crippen molar-refractivity contribution < 1.29 is 19.1 Å². The van der Waals surface area contributed by atoms with Crippen molar-refractivity contribution in [2.75, 3.05) is 4.90 Å². The highest BCUT2D eigenvalue weighted by molar-refractivity contribution is 6.17. The number of carbonyl (C=O) groups is 2. The summed E-state index contributed by atoms with van der Waals surface area (Å²) in [5, 5.41) is 8.88. The second kappa shape index (κ2) is 4.63. The zero-order valence-corrected chi connectivity index (χ0v) is 9.10. The number of rotatable bonds is 2. The summed E-state index contributed by atoms with van der Waals surface area (Å²) in [7, 11) is 0. The van der Waals surface area contributed by atoms with Crippen molar-refractivity contribution in [1.29, 1.82) is 0 Å². The minimum Gasteiger partial charge on any atom is -0.392 e. The molecule has 0 bridgehead atoms. The molecule has 0 aromatic heterocycles. The van der Waals surface area contributed by atoms with Gasteiger partial charge in [-0.25, -0.2) is 9.29 Å². The second-order valence-electron chi connectivity index (χ2n) is 3.90. The first-order chi connectivity index (χ1) is 8.13. The van der Waals surface area contributed by atoms with Crippen LogP contribution < -0.4 is 4.90 Å². The van der Waals surface area contributed by atoms with Crippen LogP contribution in [-0.4, -0.2) is 23.1 Å². The van der Waals surface area contributed by atoms with Crippen molar-refractivity contribution in [3.63, 3.8) is 0 Å². The molecule has 1 N–H and O–H groups in total. The molecule has 1 heterocycles. The average molecular weight is 237 g/mol. The molecular formula is C12H12FNO3. The minimum atomic E-state index is -1.61. The van der Waals surface area contributed by atoms with E-state index in [1.807, 2.05) is 0 Å². The van der Waals surface area contributed by atoms with E-state index in [0.29, 0.717) is 11.3 Å². The smallest absolute Gasteiger partial charge is 0.268 e. The number of halogens is 1. The van der Waals surface area contributed by atoms with Crippen LogP contribution in [0.5, 0.6) is 0 Å². The van der Waals surface area contributed by atoms with Crippen LogP contribution in [0.1, 0.15) is 18.4 Å². The number of anilines is 1. The summed E-state index contributed by atoms with van der Waals surface area (Å²) in [6, 6.07) is 6.24. The van der Waals surface area contributed by atoms with Gasteiger partial charge in [-0.1, -0.05) is 12.1 Å². The van der Waals surface area contributed by atoms with E-state index in [2.05, 4.69) is 0 Å². The van der Waals surface area contributed by atoms with Crippen molar-refractivity contribution >= 4 is 17.5 Å². The van der Waals surface area contributed by atoms with Crippen LogP contribution in [0.2, 0.25) is 0 Å². The number of hydrogen-bond donors (Lipinski definition) is 1. The Balaban J connectivity index is 2.29. The van der Waals surface area contributed by atoms with Gasteiger partial charge in [-0.3, -0.25) is 9.59 Å². The lowest BCUT2D eigenvalue weighted by molar-refractivity contribution is -0.133. The molecule has 1 saturated heterocycles. The molecule has 0 aliphatic carbocycles. The minimum absolute atomic E-state index is 0.0364. The first-order valence-electron chi connectivity index (χ1n) is 5.34. The highest BCUT2D eigenvalue weighted by Gasteiger charge is 2.35. The maximum absolute atomic E-state index is 13.2. The van der Waals surface area contributed by atoms with Gasteiger partial charge in [0.15, 0.2) is 6.17 Å². The van der Waals surface area contributed by atoms with Gasteiger partial charge in [0.2, 0.25) is 5.91 Å². The van der Waals surface area contributed by atoms with Gasteiger partial charge in [-0.05, 0) is 24.1 Å². The Morgan fingerprint density at radius 1 is 1.29 bits per heavy atom. The van der Waals surface area contributed by atoms with E-state index < -0.39 is 12.1 Å². The molecule has 1 aliphatic heterocycles. The number of alkyl halides is 1. The molecule has 1 unspecified atom stereocenters. The first kappa shape index (κ1) is 11.7. The number of aliphatic hydroxyl groups excluding tert-OH is 1. The number of amides is 2. The lowest BCUT2D eigenvalue weighted by Crippen LogP contribution is -2.46. The third-order valence-electron chi connectivity index (χ3n) is 2.73. The van der Waals surface area contributed by atoms with E-state index in [1.165, 1.54) is 12.1 Å². The number of hydrogen-bond acceptors (Lipinski definition) is 3. The van der Waals surface area contributed by atoms with Crippen molar-refractivity contribution in [2.24, 2.45) is 0 Å². The quantitative estimate of drug-likeness (QED) is 0.785. The number of imide groups is 1. The monoisotopic (exact) mass is 237 g/mol. The van der Waals surface area contributed by atoms with Gasteiger partial charge in [0.1, 0.15) is 0 Å². The molecule has 1 fully saturated rings. The number of benzene rings is 1. The molecule has 1 aromatic carbocycles. The molecule has 2 rings (SSSR count). The van der Waals surface area contributed by atoms with E-state index in [4.69, 9.17) is 5.11 Å². The first-order valence-corrected chi connectivity index (χ1v) is 5.34. The van der Waals surface area contributed by atoms with Crippen LogP contribution in [0.25, 0.3) is 0 Å². The summed E-state index contributed by atoms with van der Waals surface area (Å²) in [6.45, 7) is -0.117. The van der Waals surface area contributed by atoms with Crippen LogP contribution in [0.15, 0.2) is 24.3 Å². The molecular weight excluding hydrogens is 225 g/mol. The topological polar surface area (TPSA) is 57.6 Å². The summed E-state index contributed by atoms with van der Waals surface area (Å²) in [6.07, 6.45) is -1.61. The maximum atomic E-state index is 13.2. The van der Waals surface area contributed by atoms with E-state index in [-0.39, 0.29) is 25.4 Å². The van der Waals surface area contributed by atoms with Crippen LogP contribution in [0, 0.1) is 0 Å². The predicted molar refractivity (Wildman–Crippen MR) is 59.0 cm³/mol. The van der Waals surface area contributed by atoms with Gasteiger partial charge in [0.05, 0.1) is 12.3 Å². The van der Waals surface area contributed by atoms with E-state index in [9.17, 15) is 14.0 Å². The fourth-order valence-corrected chi connectivity index (χ4v) is 1.77. The van der Waals surface area contributed by atoms with Crippen LogP contribution in [0.4, 0.5) is 10.1 Å². The Bertz CT molecular complexity index is 444. The summed E-state index contributed by atoms with van der Waals surface area (Å²) in [5.41, 5.74) is 1.02. The van der Waals surface area contributed by atoms with E-state index in [0.717, 1.165) is 4.90 Å². The molecule has 90 valence electrons. The van der Waals surface area contributed by atoms with Crippen LogP contribution >= 0.6 is 0 Å². The fourth-order valence-electron chi connectivity index (χ4n) is 1.77. The van der Waals surface area contributed by atoms with Gasteiger partial charge in [-0.15, -0.1) is 0 Å². The van der Waals surface area contributed by atoms with Gasteiger partial charge in [0.25, 0.3) is 5.91 Å². The Morgan fingerprint density at radius 2 is 1.94 bits per heavy atom. The summed E-state index contributed by atoms with van der Waals surface area (Å²) in [5.74, 6) is -1.20. The fraction of sp³-hybridized carbons (Fsp3) is 0.333. The lowest BCUT2D eigenvalue weighted by atomic mass is 10.1. The highest BCUT2D eigenvalue weighted by Crippen LogP contribution is 2.23. The third-order valence-corrected chi connectivity index (χ3v) is 2.73. The van der Waals surface area contributed by atoms with Crippen molar-refractivity contribution in [1.82, 2.24) is 0 Å². The van der Waals surface area contributed by atoms with Crippen LogP contribution in [-0.2, 0) is 16.2 Å². The molecule has 1 aliphatic rings. The lowest BCUT2D eigenvalue weighted by Gasteiger charge is -2.27. The largest absolute Gasteiger partial charge is 0.392 e. The summed E-state index contributed by atoms with van der Waals surface area (Å²) >= 11 is 0. The van der Waals surface area contributed by atoms with E-state index in [1.54, 1.807) is 12.1 Å². The summed E-state index contributed by atoms with van der Waals surface area (Å²) < 4.78 is 13.2. The molecule has 2 amide bonds. The molecule has 4 nitrogen and oxygen atoms in total. The average Bonchev–Trinajstić information content (AvgIpc) is 2.35. The number of carbonyl (C=O) groups excluding carboxylic acids is 2. The van der Waals surface area contributed by atoms with Crippen molar-refractivity contribution in [3.05, 3.63) is 29.8 Å². The Labute approximate surface area is 97.7 Å². The molecule has 0 saturated carbocycles. The standard InChI is InChI=1S/C12H12FNO3/c13-10-5-6-11(16)14(12(10)17)9-3-1-8(7-15)2-4-9/h1-4,10,15H,5-7H2. The zero-order chi connectivity index (χ0) is 12.4. The van der Waals surface area contributed by atoms with Gasteiger partial charge in [0, 0.05) is 6.42 Å². The normalized spacial score (nSPS) is 20.8. The van der Waals surface area contributed by atoms with E-state index >= 15 is 0 Å². The molecule has 0 radical (unpaired) electrons. The zero-order valence-electron chi connectivity index (χ0n) is 9.10. The second-order valence-corrected chi connectivity index (χ2v) is 3.90. The molecule has 1 aromatic rings. The van der Waals surface area contributed by atoms with Crippen molar-refractivity contribution in [2.45, 2.75) is 25.6 Å². The highest BCUT2D eigenvalue weighted by atomic mass is 19.1. The Hall–Kier alpha value is -1.75. The SMILES string of the molecule is O=C1CCC(F)C(=O)N1c1ccc(CO)cc1. The third kappa shape index (κ3) is 2.19. The van der Waals surface area contributed by atoms with Crippen molar-refractivity contribution in [3.8, 4) is 0 Å². The Morgan fingerprint density at radius 3 is 2.53 bits per heavy atom. The van der Waals surface area contributed by atoms with Gasteiger partial charge < -0.3 is 5.11 Å². The Kier molecular flexibility index (Phi) is 3.19. The molecule has 5 heteroatoms. The number of nitrogens with zero attached hydrogens (tertiary/aromatic N) is 1. The molecule has 17 heavy (non-hydrogen) atoms. The number of piperidine rings is 1. The molecule has 1 atom stereocenters. The predicted octanol–water partition coefficient (Wildman–Crippen LogP) is 1.17. The van der Waals surface area contributed by atoms with Gasteiger partial charge in [-0.2, -0.15) is 0 Å². The van der Waals surface area contributed by atoms with Gasteiger partial charge >= 0.3 is 0 Å². The number of aliphatic hydroxyl groups is 1. The van der Waals surface area contributed by atoms with Crippen LogP contribution in [0.3, 0.4) is 0 Å². The summed E-state index contributed by atoms with van der Waals surface area (Å²) in [4.78, 5) is 24.0. The maximum Gasteiger partial charge on any atom is 0.268 e.